The third kappa shape index (κ3) is 3.49. The predicted molar refractivity (Wildman–Crippen MR) is 81.1 cm³/mol. The van der Waals surface area contributed by atoms with Crippen molar-refractivity contribution in [2.24, 2.45) is 0 Å². The molecule has 0 amide bonds. The number of nitrogens with one attached hydrogen (secondary N) is 1. The SMILES string of the molecule is O=S(=O)(Cc1cccc(F)c1)NCc1cc2ccccn2n1. The molecule has 2 heterocycles. The van der Waals surface area contributed by atoms with Gasteiger partial charge >= 0.3 is 0 Å². The summed E-state index contributed by atoms with van der Waals surface area (Å²) < 4.78 is 41.3. The van der Waals surface area contributed by atoms with E-state index in [0.29, 0.717) is 11.3 Å². The van der Waals surface area contributed by atoms with Crippen molar-refractivity contribution < 1.29 is 12.8 Å². The Bertz CT molecular complexity index is 873. The summed E-state index contributed by atoms with van der Waals surface area (Å²) in [7, 11) is -3.55. The van der Waals surface area contributed by atoms with Crippen LogP contribution in [0.15, 0.2) is 54.7 Å². The summed E-state index contributed by atoms with van der Waals surface area (Å²) >= 11 is 0. The standard InChI is InChI=1S/C15H14FN3O2S/c16-13-5-3-4-12(8-13)11-22(20,21)17-10-14-9-15-6-1-2-7-19(15)18-14/h1-9,17H,10-11H2. The van der Waals surface area contributed by atoms with Crippen LogP contribution in [0.4, 0.5) is 4.39 Å². The average molecular weight is 319 g/mol. The van der Waals surface area contributed by atoms with Gasteiger partial charge in [-0.2, -0.15) is 5.10 Å². The van der Waals surface area contributed by atoms with Gasteiger partial charge in [-0.15, -0.1) is 0 Å². The number of aromatic nitrogens is 2. The lowest BCUT2D eigenvalue weighted by molar-refractivity contribution is 0.579. The summed E-state index contributed by atoms with van der Waals surface area (Å²) in [5.41, 5.74) is 1.92. The number of benzene rings is 1. The van der Waals surface area contributed by atoms with Crippen molar-refractivity contribution in [2.45, 2.75) is 12.3 Å². The molecule has 2 aromatic heterocycles. The fraction of sp³-hybridized carbons (Fsp3) is 0.133. The first kappa shape index (κ1) is 14.7. The fourth-order valence-electron chi connectivity index (χ4n) is 2.16. The molecular weight excluding hydrogens is 305 g/mol. The lowest BCUT2D eigenvalue weighted by Gasteiger charge is -2.05. The zero-order chi connectivity index (χ0) is 15.6. The van der Waals surface area contributed by atoms with E-state index in [0.717, 1.165) is 5.52 Å². The Kier molecular flexibility index (Phi) is 3.91. The van der Waals surface area contributed by atoms with E-state index in [9.17, 15) is 12.8 Å². The monoisotopic (exact) mass is 319 g/mol. The molecule has 0 bridgehead atoms. The molecule has 1 aromatic carbocycles. The Morgan fingerprint density at radius 1 is 1.14 bits per heavy atom. The van der Waals surface area contributed by atoms with E-state index >= 15 is 0 Å². The van der Waals surface area contributed by atoms with Crippen LogP contribution in [-0.2, 0) is 22.3 Å². The number of hydrogen-bond acceptors (Lipinski definition) is 3. The molecule has 5 nitrogen and oxygen atoms in total. The summed E-state index contributed by atoms with van der Waals surface area (Å²) in [6, 6.07) is 13.0. The van der Waals surface area contributed by atoms with Crippen LogP contribution in [0.1, 0.15) is 11.3 Å². The van der Waals surface area contributed by atoms with E-state index in [4.69, 9.17) is 0 Å². The quantitative estimate of drug-likeness (QED) is 0.783. The number of rotatable bonds is 5. The maximum atomic E-state index is 13.1. The maximum absolute atomic E-state index is 13.1. The van der Waals surface area contributed by atoms with Gasteiger partial charge in [-0.05, 0) is 35.9 Å². The van der Waals surface area contributed by atoms with E-state index in [1.165, 1.54) is 18.2 Å². The number of hydrogen-bond donors (Lipinski definition) is 1. The van der Waals surface area contributed by atoms with E-state index in [1.54, 1.807) is 16.8 Å². The van der Waals surface area contributed by atoms with Crippen LogP contribution in [0.3, 0.4) is 0 Å². The second-order valence-corrected chi connectivity index (χ2v) is 6.72. The zero-order valence-electron chi connectivity index (χ0n) is 11.6. The topological polar surface area (TPSA) is 63.5 Å². The molecule has 7 heteroatoms. The highest BCUT2D eigenvalue weighted by Crippen LogP contribution is 2.09. The van der Waals surface area contributed by atoms with Crippen LogP contribution >= 0.6 is 0 Å². The minimum Gasteiger partial charge on any atom is -0.241 e. The minimum atomic E-state index is -3.55. The van der Waals surface area contributed by atoms with Crippen LogP contribution in [0.25, 0.3) is 5.52 Å². The van der Waals surface area contributed by atoms with E-state index in [2.05, 4.69) is 9.82 Å². The van der Waals surface area contributed by atoms with Gasteiger partial charge in [0.1, 0.15) is 5.82 Å². The van der Waals surface area contributed by atoms with Gasteiger partial charge in [0, 0.05) is 6.20 Å². The van der Waals surface area contributed by atoms with Crippen molar-refractivity contribution in [3.8, 4) is 0 Å². The Morgan fingerprint density at radius 2 is 2.00 bits per heavy atom. The second kappa shape index (κ2) is 5.86. The summed E-state index contributed by atoms with van der Waals surface area (Å²) in [6.07, 6.45) is 1.79. The molecule has 0 aliphatic rings. The number of halogens is 1. The van der Waals surface area contributed by atoms with Crippen LogP contribution < -0.4 is 4.72 Å². The summed E-state index contributed by atoms with van der Waals surface area (Å²) in [5.74, 6) is -0.717. The molecule has 3 rings (SSSR count). The van der Waals surface area contributed by atoms with Gasteiger partial charge in [-0.25, -0.2) is 22.0 Å². The van der Waals surface area contributed by atoms with E-state index in [-0.39, 0.29) is 12.3 Å². The highest BCUT2D eigenvalue weighted by atomic mass is 32.2. The van der Waals surface area contributed by atoms with Gasteiger partial charge < -0.3 is 0 Å². The van der Waals surface area contributed by atoms with Crippen molar-refractivity contribution in [1.82, 2.24) is 14.3 Å². The first-order valence-electron chi connectivity index (χ1n) is 6.67. The predicted octanol–water partition coefficient (Wildman–Crippen LogP) is 2.09. The number of sulfonamides is 1. The van der Waals surface area contributed by atoms with Crippen LogP contribution in [0.2, 0.25) is 0 Å². The molecule has 0 saturated heterocycles. The molecule has 0 unspecified atom stereocenters. The molecule has 0 radical (unpaired) electrons. The fourth-order valence-corrected chi connectivity index (χ4v) is 3.25. The maximum Gasteiger partial charge on any atom is 0.216 e. The van der Waals surface area contributed by atoms with Gasteiger partial charge in [0.15, 0.2) is 0 Å². The van der Waals surface area contributed by atoms with Gasteiger partial charge in [0.2, 0.25) is 10.0 Å². The molecule has 3 aromatic rings. The molecule has 1 N–H and O–H groups in total. The normalized spacial score (nSPS) is 11.9. The first-order chi connectivity index (χ1) is 10.5. The Balaban J connectivity index is 1.69. The molecule has 114 valence electrons. The molecule has 0 aliphatic heterocycles. The molecule has 0 saturated carbocycles. The van der Waals surface area contributed by atoms with E-state index in [1.807, 2.05) is 24.3 Å². The lowest BCUT2D eigenvalue weighted by Crippen LogP contribution is -2.25. The molecule has 0 spiro atoms. The van der Waals surface area contributed by atoms with E-state index < -0.39 is 15.8 Å². The van der Waals surface area contributed by atoms with Gasteiger partial charge in [0.05, 0.1) is 23.5 Å². The molecule has 0 aliphatic carbocycles. The molecular formula is C15H14FN3O2S. The Morgan fingerprint density at radius 3 is 2.77 bits per heavy atom. The van der Waals surface area contributed by atoms with Crippen molar-refractivity contribution in [3.63, 3.8) is 0 Å². The Hall–Kier alpha value is -2.25. The number of pyridine rings is 1. The lowest BCUT2D eigenvalue weighted by atomic mass is 10.2. The average Bonchev–Trinajstić information content (AvgIpc) is 2.88. The van der Waals surface area contributed by atoms with Crippen LogP contribution in [-0.4, -0.2) is 18.0 Å². The zero-order valence-corrected chi connectivity index (χ0v) is 12.4. The highest BCUT2D eigenvalue weighted by Gasteiger charge is 2.13. The smallest absolute Gasteiger partial charge is 0.216 e. The van der Waals surface area contributed by atoms with Crippen molar-refractivity contribution in [1.29, 1.82) is 0 Å². The van der Waals surface area contributed by atoms with Gasteiger partial charge in [-0.3, -0.25) is 0 Å². The summed E-state index contributed by atoms with van der Waals surface area (Å²) in [6.45, 7) is 0.0966. The summed E-state index contributed by atoms with van der Waals surface area (Å²) in [4.78, 5) is 0. The highest BCUT2D eigenvalue weighted by molar-refractivity contribution is 7.88. The molecule has 22 heavy (non-hydrogen) atoms. The first-order valence-corrected chi connectivity index (χ1v) is 8.32. The van der Waals surface area contributed by atoms with Crippen molar-refractivity contribution in [3.05, 3.63) is 71.8 Å². The third-order valence-electron chi connectivity index (χ3n) is 3.14. The molecule has 0 atom stereocenters. The third-order valence-corrected chi connectivity index (χ3v) is 4.44. The minimum absolute atomic E-state index is 0.0966. The summed E-state index contributed by atoms with van der Waals surface area (Å²) in [5, 5.41) is 4.27. The van der Waals surface area contributed by atoms with Crippen LogP contribution in [0, 0.1) is 5.82 Å². The molecule has 0 fully saturated rings. The Labute approximate surface area is 127 Å². The number of nitrogens with zero attached hydrogens (tertiary/aromatic N) is 2. The van der Waals surface area contributed by atoms with Gasteiger partial charge in [0.25, 0.3) is 0 Å². The second-order valence-electron chi connectivity index (χ2n) is 4.92. The van der Waals surface area contributed by atoms with Gasteiger partial charge in [-0.1, -0.05) is 18.2 Å². The number of fused-ring (bicyclic) bond motifs is 1. The largest absolute Gasteiger partial charge is 0.241 e. The van der Waals surface area contributed by atoms with Crippen LogP contribution in [0.5, 0.6) is 0 Å². The van der Waals surface area contributed by atoms with Crippen molar-refractivity contribution in [2.75, 3.05) is 0 Å². The van der Waals surface area contributed by atoms with Crippen molar-refractivity contribution >= 4 is 15.5 Å².